The molecule has 1 aromatic rings. The van der Waals surface area contributed by atoms with Gasteiger partial charge in [0.2, 0.25) is 0 Å². The molecule has 0 radical (unpaired) electrons. The molecule has 1 aliphatic rings. The van der Waals surface area contributed by atoms with Crippen LogP contribution >= 0.6 is 23.2 Å². The zero-order valence-corrected chi connectivity index (χ0v) is 11.4. The van der Waals surface area contributed by atoms with Crippen molar-refractivity contribution < 1.29 is 4.74 Å². The minimum absolute atomic E-state index is 0.226. The Morgan fingerprint density at radius 2 is 2.29 bits per heavy atom. The van der Waals surface area contributed by atoms with Gasteiger partial charge >= 0.3 is 0 Å². The van der Waals surface area contributed by atoms with Gasteiger partial charge in [0.1, 0.15) is 11.9 Å². The first-order chi connectivity index (χ1) is 8.20. The predicted molar refractivity (Wildman–Crippen MR) is 72.1 cm³/mol. The lowest BCUT2D eigenvalue weighted by molar-refractivity contribution is 0.138. The molecule has 1 heterocycles. The summed E-state index contributed by atoms with van der Waals surface area (Å²) in [7, 11) is 0. The van der Waals surface area contributed by atoms with E-state index >= 15 is 0 Å². The summed E-state index contributed by atoms with van der Waals surface area (Å²) < 4.78 is 6.00. The van der Waals surface area contributed by atoms with Crippen LogP contribution in [0.1, 0.15) is 19.8 Å². The molecular weight excluding hydrogens is 257 g/mol. The molecule has 1 saturated heterocycles. The lowest BCUT2D eigenvalue weighted by Gasteiger charge is -2.23. The van der Waals surface area contributed by atoms with E-state index in [0.29, 0.717) is 16.0 Å². The van der Waals surface area contributed by atoms with E-state index < -0.39 is 0 Å². The van der Waals surface area contributed by atoms with Crippen LogP contribution in [0.5, 0.6) is 5.75 Å². The highest BCUT2D eigenvalue weighted by Gasteiger charge is 2.25. The van der Waals surface area contributed by atoms with Crippen molar-refractivity contribution in [1.29, 1.82) is 0 Å². The number of rotatable bonds is 4. The maximum atomic E-state index is 6.11. The summed E-state index contributed by atoms with van der Waals surface area (Å²) in [4.78, 5) is 0. The van der Waals surface area contributed by atoms with E-state index in [1.807, 2.05) is 12.1 Å². The first-order valence-electron chi connectivity index (χ1n) is 6.03. The molecule has 1 fully saturated rings. The molecule has 1 aromatic carbocycles. The minimum Gasteiger partial charge on any atom is -0.489 e. The molecule has 0 bridgehead atoms. The monoisotopic (exact) mass is 273 g/mol. The van der Waals surface area contributed by atoms with Crippen LogP contribution < -0.4 is 10.1 Å². The third-order valence-electron chi connectivity index (χ3n) is 3.20. The molecule has 2 atom stereocenters. The second kappa shape index (κ2) is 5.94. The molecule has 2 rings (SSSR count). The van der Waals surface area contributed by atoms with Crippen LogP contribution in [0.2, 0.25) is 10.0 Å². The summed E-state index contributed by atoms with van der Waals surface area (Å²) in [6, 6.07) is 5.37. The van der Waals surface area contributed by atoms with Crippen molar-refractivity contribution >= 4 is 23.2 Å². The van der Waals surface area contributed by atoms with Crippen molar-refractivity contribution in [2.24, 2.45) is 5.92 Å². The fourth-order valence-corrected chi connectivity index (χ4v) is 2.69. The third kappa shape index (κ3) is 3.27. The highest BCUT2D eigenvalue weighted by molar-refractivity contribution is 6.35. The smallest absolute Gasteiger partial charge is 0.138 e. The first-order valence-corrected chi connectivity index (χ1v) is 6.78. The van der Waals surface area contributed by atoms with Crippen molar-refractivity contribution in [2.75, 3.05) is 13.1 Å². The SMILES string of the molecule is CC[C@H](Oc1ccc(Cl)cc1Cl)C1CCNC1. The van der Waals surface area contributed by atoms with Gasteiger partial charge in [0, 0.05) is 17.5 Å². The zero-order valence-electron chi connectivity index (χ0n) is 9.88. The molecule has 0 spiro atoms. The van der Waals surface area contributed by atoms with Crippen LogP contribution in [0, 0.1) is 5.92 Å². The van der Waals surface area contributed by atoms with E-state index in [-0.39, 0.29) is 6.10 Å². The van der Waals surface area contributed by atoms with Gasteiger partial charge in [-0.25, -0.2) is 0 Å². The molecule has 4 heteroatoms. The van der Waals surface area contributed by atoms with Gasteiger partial charge in [-0.15, -0.1) is 0 Å². The predicted octanol–water partition coefficient (Wildman–Crippen LogP) is 3.76. The van der Waals surface area contributed by atoms with E-state index in [4.69, 9.17) is 27.9 Å². The summed E-state index contributed by atoms with van der Waals surface area (Å²) in [5, 5.41) is 4.58. The van der Waals surface area contributed by atoms with Crippen molar-refractivity contribution in [2.45, 2.75) is 25.9 Å². The number of hydrogen-bond acceptors (Lipinski definition) is 2. The van der Waals surface area contributed by atoms with Gasteiger partial charge in [-0.2, -0.15) is 0 Å². The van der Waals surface area contributed by atoms with E-state index in [1.165, 1.54) is 6.42 Å². The normalized spacial score (nSPS) is 21.5. The van der Waals surface area contributed by atoms with Crippen LogP contribution in [0.25, 0.3) is 0 Å². The van der Waals surface area contributed by atoms with Gasteiger partial charge in [0.15, 0.2) is 0 Å². The highest BCUT2D eigenvalue weighted by atomic mass is 35.5. The summed E-state index contributed by atoms with van der Waals surface area (Å²) in [6.07, 6.45) is 2.39. The lowest BCUT2D eigenvalue weighted by atomic mass is 9.99. The van der Waals surface area contributed by atoms with Crippen LogP contribution in [0.3, 0.4) is 0 Å². The lowest BCUT2D eigenvalue weighted by Crippen LogP contribution is -2.28. The summed E-state index contributed by atoms with van der Waals surface area (Å²) in [5.74, 6) is 1.31. The van der Waals surface area contributed by atoms with Crippen molar-refractivity contribution in [3.05, 3.63) is 28.2 Å². The van der Waals surface area contributed by atoms with Crippen molar-refractivity contribution in [3.8, 4) is 5.75 Å². The minimum atomic E-state index is 0.226. The van der Waals surface area contributed by atoms with Gasteiger partial charge < -0.3 is 10.1 Å². The highest BCUT2D eigenvalue weighted by Crippen LogP contribution is 2.30. The number of hydrogen-bond donors (Lipinski definition) is 1. The number of nitrogens with one attached hydrogen (secondary N) is 1. The molecule has 0 amide bonds. The molecule has 1 N–H and O–H groups in total. The largest absolute Gasteiger partial charge is 0.489 e. The zero-order chi connectivity index (χ0) is 12.3. The van der Waals surface area contributed by atoms with E-state index in [1.54, 1.807) is 6.07 Å². The molecule has 0 aliphatic carbocycles. The molecular formula is C13H17Cl2NO. The second-order valence-electron chi connectivity index (χ2n) is 4.39. The van der Waals surface area contributed by atoms with Gasteiger partial charge in [0.25, 0.3) is 0 Å². The fraction of sp³-hybridized carbons (Fsp3) is 0.538. The molecule has 94 valence electrons. The molecule has 17 heavy (non-hydrogen) atoms. The standard InChI is InChI=1S/C13H17Cl2NO/c1-2-12(9-5-6-16-8-9)17-13-4-3-10(14)7-11(13)15/h3-4,7,9,12,16H,2,5-6,8H2,1H3/t9?,12-/m0/s1. The average Bonchev–Trinajstić information content (AvgIpc) is 2.81. The molecule has 1 unspecified atom stereocenters. The topological polar surface area (TPSA) is 21.3 Å². The molecule has 0 aromatic heterocycles. The Balaban J connectivity index is 2.06. The maximum absolute atomic E-state index is 6.11. The molecule has 0 saturated carbocycles. The van der Waals surface area contributed by atoms with E-state index in [2.05, 4.69) is 12.2 Å². The summed E-state index contributed by atoms with van der Waals surface area (Å²) in [6.45, 7) is 4.26. The Hall–Kier alpha value is -0.440. The maximum Gasteiger partial charge on any atom is 0.138 e. The Bertz CT molecular complexity index is 378. The van der Waals surface area contributed by atoms with Crippen LogP contribution in [-0.4, -0.2) is 19.2 Å². The Labute approximate surface area is 112 Å². The summed E-state index contributed by atoms with van der Waals surface area (Å²) >= 11 is 12.0. The van der Waals surface area contributed by atoms with Gasteiger partial charge in [0.05, 0.1) is 5.02 Å². The Kier molecular flexibility index (Phi) is 4.55. The first kappa shape index (κ1) is 13.0. The van der Waals surface area contributed by atoms with Gasteiger partial charge in [-0.05, 0) is 37.6 Å². The molecule has 2 nitrogen and oxygen atoms in total. The number of ether oxygens (including phenoxy) is 1. The van der Waals surface area contributed by atoms with Crippen LogP contribution in [0.4, 0.5) is 0 Å². The third-order valence-corrected chi connectivity index (χ3v) is 3.73. The van der Waals surface area contributed by atoms with Crippen molar-refractivity contribution in [1.82, 2.24) is 5.32 Å². The average molecular weight is 274 g/mol. The molecule has 1 aliphatic heterocycles. The fourth-order valence-electron chi connectivity index (χ4n) is 2.24. The number of halogens is 2. The van der Waals surface area contributed by atoms with Gasteiger partial charge in [-0.1, -0.05) is 30.1 Å². The Morgan fingerprint density at radius 1 is 1.47 bits per heavy atom. The van der Waals surface area contributed by atoms with Gasteiger partial charge in [-0.3, -0.25) is 0 Å². The Morgan fingerprint density at radius 3 is 2.88 bits per heavy atom. The second-order valence-corrected chi connectivity index (χ2v) is 5.24. The quantitative estimate of drug-likeness (QED) is 0.902. The van der Waals surface area contributed by atoms with E-state index in [0.717, 1.165) is 25.3 Å². The van der Waals surface area contributed by atoms with Crippen LogP contribution in [0.15, 0.2) is 18.2 Å². The van der Waals surface area contributed by atoms with E-state index in [9.17, 15) is 0 Å². The van der Waals surface area contributed by atoms with Crippen LogP contribution in [-0.2, 0) is 0 Å². The van der Waals surface area contributed by atoms with Crippen molar-refractivity contribution in [3.63, 3.8) is 0 Å². The number of benzene rings is 1. The summed E-state index contributed by atoms with van der Waals surface area (Å²) in [5.41, 5.74) is 0.